The average molecular weight is 960 g/mol. The third-order valence-corrected chi connectivity index (χ3v) is 14.1. The van der Waals surface area contributed by atoms with Gasteiger partial charge in [0.15, 0.2) is 23.3 Å². The van der Waals surface area contributed by atoms with Crippen LogP contribution in [0.2, 0.25) is 0 Å². The van der Waals surface area contributed by atoms with Gasteiger partial charge in [-0.25, -0.2) is 22.0 Å². The van der Waals surface area contributed by atoms with Crippen molar-refractivity contribution in [3.63, 3.8) is 0 Å². The van der Waals surface area contributed by atoms with E-state index in [0.29, 0.717) is 22.1 Å². The number of nitrogens with zero attached hydrogens (tertiary/aromatic N) is 3. The molecule has 352 valence electrons. The van der Waals surface area contributed by atoms with Crippen molar-refractivity contribution in [1.29, 1.82) is 5.26 Å². The number of hydrogen-bond acceptors (Lipinski definition) is 1. The highest BCUT2D eigenvalue weighted by atomic mass is 19.2. The van der Waals surface area contributed by atoms with Crippen molar-refractivity contribution < 1.29 is 22.0 Å². The summed E-state index contributed by atoms with van der Waals surface area (Å²) in [4.78, 5) is 0. The number of benzene rings is 10. The van der Waals surface area contributed by atoms with E-state index in [2.05, 4.69) is 54.6 Å². The van der Waals surface area contributed by atoms with Gasteiger partial charge in [-0.05, 0) is 138 Å². The van der Waals surface area contributed by atoms with Gasteiger partial charge >= 0.3 is 0 Å². The van der Waals surface area contributed by atoms with Gasteiger partial charge in [0.25, 0.3) is 0 Å². The Bertz CT molecular complexity index is 3870. The molecule has 2 aromatic heterocycles. The van der Waals surface area contributed by atoms with Gasteiger partial charge < -0.3 is 9.13 Å². The van der Waals surface area contributed by atoms with E-state index in [0.717, 1.165) is 88.3 Å². The Morgan fingerprint density at radius 2 is 0.589 bits per heavy atom. The van der Waals surface area contributed by atoms with Crippen molar-refractivity contribution in [3.8, 4) is 73.1 Å². The van der Waals surface area contributed by atoms with E-state index in [1.807, 2.05) is 158 Å². The number of nitriles is 1. The fraction of sp³-hybridized carbons (Fsp3) is 0.0615. The summed E-state index contributed by atoms with van der Waals surface area (Å²) < 4.78 is 82.1. The summed E-state index contributed by atoms with van der Waals surface area (Å²) in [7, 11) is 0. The third kappa shape index (κ3) is 7.47. The Morgan fingerprint density at radius 1 is 0.315 bits per heavy atom. The monoisotopic (exact) mass is 959 g/mol. The molecule has 0 fully saturated rings. The molecule has 0 spiro atoms. The zero-order chi connectivity index (χ0) is 50.4. The van der Waals surface area contributed by atoms with Crippen LogP contribution in [0.5, 0.6) is 0 Å². The van der Waals surface area contributed by atoms with E-state index in [4.69, 9.17) is 0 Å². The maximum Gasteiger partial charge on any atom is 0.200 e. The molecule has 12 aromatic rings. The molecule has 0 amide bonds. The fourth-order valence-electron chi connectivity index (χ4n) is 10.7. The first-order valence-electron chi connectivity index (χ1n) is 23.9. The SMILES string of the molecule is Cc1cccc(-c2ccc3c(c2)c2cc(-c4cccc(C)c4)ccc2n3-c2cc(-c3c(F)c(F)c(F)c(F)c3F)cc(-n3c4ccc(-c5cccc(C)c5)cc4c4cc(-c5cccc(C)c5)ccc43)c2C#N)c1. The molecule has 0 unspecified atom stereocenters. The van der Waals surface area contributed by atoms with Crippen LogP contribution in [0.4, 0.5) is 22.0 Å². The summed E-state index contributed by atoms with van der Waals surface area (Å²) in [6.45, 7) is 8.13. The highest BCUT2D eigenvalue weighted by Crippen LogP contribution is 2.44. The van der Waals surface area contributed by atoms with Crippen LogP contribution in [0.3, 0.4) is 0 Å². The number of aryl methyl sites for hydroxylation is 4. The minimum Gasteiger partial charge on any atom is -0.308 e. The molecule has 0 aliphatic heterocycles. The topological polar surface area (TPSA) is 33.6 Å². The van der Waals surface area contributed by atoms with Crippen molar-refractivity contribution in [2.24, 2.45) is 0 Å². The normalized spacial score (nSPS) is 11.6. The highest BCUT2D eigenvalue weighted by molar-refractivity contribution is 6.14. The van der Waals surface area contributed by atoms with Gasteiger partial charge in [0.2, 0.25) is 5.82 Å². The average Bonchev–Trinajstić information content (AvgIpc) is 3.90. The predicted octanol–water partition coefficient (Wildman–Crippen LogP) is 18.0. The van der Waals surface area contributed by atoms with E-state index in [1.54, 1.807) is 0 Å². The van der Waals surface area contributed by atoms with Gasteiger partial charge in [-0.3, -0.25) is 0 Å². The summed E-state index contributed by atoms with van der Waals surface area (Å²) in [6.07, 6.45) is 0. The minimum atomic E-state index is -2.26. The van der Waals surface area contributed by atoms with Crippen molar-refractivity contribution in [2.75, 3.05) is 0 Å². The zero-order valence-electron chi connectivity index (χ0n) is 40.1. The van der Waals surface area contributed by atoms with Gasteiger partial charge in [-0.1, -0.05) is 144 Å². The second-order valence-corrected chi connectivity index (χ2v) is 19.0. The Balaban J connectivity index is 1.21. The van der Waals surface area contributed by atoms with E-state index in [1.165, 1.54) is 12.1 Å². The molecule has 0 aliphatic carbocycles. The number of hydrogen-bond donors (Lipinski definition) is 0. The van der Waals surface area contributed by atoms with Gasteiger partial charge in [0.1, 0.15) is 11.6 Å². The van der Waals surface area contributed by atoms with Crippen LogP contribution in [0.15, 0.2) is 182 Å². The van der Waals surface area contributed by atoms with E-state index in [9.17, 15) is 9.65 Å². The molecule has 0 saturated heterocycles. The zero-order valence-corrected chi connectivity index (χ0v) is 40.1. The number of fused-ring (bicyclic) bond motifs is 6. The Labute approximate surface area is 417 Å². The van der Waals surface area contributed by atoms with Crippen molar-refractivity contribution >= 4 is 43.6 Å². The number of rotatable bonds is 7. The van der Waals surface area contributed by atoms with Gasteiger partial charge in [-0.2, -0.15) is 5.26 Å². The maximum atomic E-state index is 16.4. The number of aromatic nitrogens is 2. The standard InChI is InChI=1S/C65H42F5N3/c1-36-9-5-13-40(25-36)44-17-21-54-49(29-44)50-30-45(41-14-6-10-37(2)26-41)18-22-55(50)72(54)58-33-48(60-61(66)63(68)65(70)64(69)62(60)67)34-59(53(58)35-71)73-56-23-19-46(42-15-7-11-38(3)27-42)31-51(56)52-32-47(20-24-57(52)73)43-16-8-12-39(4)28-43/h5-34H,1-4H3. The largest absolute Gasteiger partial charge is 0.308 e. The summed E-state index contributed by atoms with van der Waals surface area (Å²) in [5.74, 6) is -10.4. The lowest BCUT2D eigenvalue weighted by Crippen LogP contribution is -2.08. The summed E-state index contributed by atoms with van der Waals surface area (Å²) >= 11 is 0. The molecule has 3 nitrogen and oxygen atoms in total. The Hall–Kier alpha value is -9.06. The lowest BCUT2D eigenvalue weighted by molar-refractivity contribution is 0.381. The van der Waals surface area contributed by atoms with Crippen LogP contribution in [0, 0.1) is 68.1 Å². The van der Waals surface area contributed by atoms with Crippen LogP contribution in [0.1, 0.15) is 27.8 Å². The molecule has 0 bridgehead atoms. The first kappa shape index (κ1) is 45.1. The predicted molar refractivity (Wildman–Crippen MR) is 286 cm³/mol. The smallest absolute Gasteiger partial charge is 0.200 e. The van der Waals surface area contributed by atoms with Crippen LogP contribution in [0.25, 0.3) is 111 Å². The van der Waals surface area contributed by atoms with Crippen LogP contribution in [-0.4, -0.2) is 9.13 Å². The molecule has 10 aromatic carbocycles. The first-order valence-corrected chi connectivity index (χ1v) is 23.9. The summed E-state index contributed by atoms with van der Waals surface area (Å²) in [6, 6.07) is 62.0. The molecule has 73 heavy (non-hydrogen) atoms. The lowest BCUT2D eigenvalue weighted by atomic mass is 9.98. The van der Waals surface area contributed by atoms with E-state index in [-0.39, 0.29) is 22.5 Å². The third-order valence-electron chi connectivity index (χ3n) is 14.1. The molecule has 0 saturated carbocycles. The van der Waals surface area contributed by atoms with E-state index >= 15 is 17.6 Å². The molecule has 8 heteroatoms. The van der Waals surface area contributed by atoms with Crippen molar-refractivity contribution in [3.05, 3.63) is 239 Å². The van der Waals surface area contributed by atoms with Gasteiger partial charge in [0.05, 0.1) is 39.0 Å². The minimum absolute atomic E-state index is 0.0984. The molecule has 2 heterocycles. The van der Waals surface area contributed by atoms with E-state index < -0.39 is 34.6 Å². The molecular formula is C65H42F5N3. The maximum absolute atomic E-state index is 16.4. The molecule has 0 atom stereocenters. The van der Waals surface area contributed by atoms with Crippen LogP contribution in [-0.2, 0) is 0 Å². The molecular weight excluding hydrogens is 918 g/mol. The Kier molecular flexibility index (Phi) is 10.7. The fourth-order valence-corrected chi connectivity index (χ4v) is 10.7. The lowest BCUT2D eigenvalue weighted by Gasteiger charge is -2.19. The summed E-state index contributed by atoms with van der Waals surface area (Å²) in [5.41, 5.74) is 13.7. The molecule has 0 N–H and O–H groups in total. The Morgan fingerprint density at radius 3 is 0.863 bits per heavy atom. The van der Waals surface area contributed by atoms with Crippen LogP contribution < -0.4 is 0 Å². The van der Waals surface area contributed by atoms with Gasteiger partial charge in [0, 0.05) is 21.5 Å². The van der Waals surface area contributed by atoms with Crippen LogP contribution >= 0.6 is 0 Å². The number of halogens is 5. The molecule has 0 radical (unpaired) electrons. The van der Waals surface area contributed by atoms with Crippen molar-refractivity contribution in [2.45, 2.75) is 27.7 Å². The van der Waals surface area contributed by atoms with Crippen molar-refractivity contribution in [1.82, 2.24) is 9.13 Å². The summed E-state index contributed by atoms with van der Waals surface area (Å²) in [5, 5.41) is 14.9. The second kappa shape index (κ2) is 17.4. The quantitative estimate of drug-likeness (QED) is 0.0890. The first-order chi connectivity index (χ1) is 35.3. The van der Waals surface area contributed by atoms with Gasteiger partial charge in [-0.15, -0.1) is 0 Å². The molecule has 12 rings (SSSR count). The second-order valence-electron chi connectivity index (χ2n) is 19.0. The molecule has 0 aliphatic rings. The highest BCUT2D eigenvalue weighted by Gasteiger charge is 2.30.